The molecule has 3 N–H and O–H groups in total. The fourth-order valence-electron chi connectivity index (χ4n) is 3.29. The third-order valence-electron chi connectivity index (χ3n) is 4.87. The van der Waals surface area contributed by atoms with E-state index in [0.29, 0.717) is 23.3 Å². The van der Waals surface area contributed by atoms with Gasteiger partial charge in [0.05, 0.1) is 17.9 Å². The van der Waals surface area contributed by atoms with Crippen LogP contribution in [-0.4, -0.2) is 39.1 Å². The molecule has 3 aromatic rings. The van der Waals surface area contributed by atoms with Crippen molar-refractivity contribution in [1.82, 2.24) is 20.1 Å². The number of hydrogen-bond acceptors (Lipinski definition) is 6. The quantitative estimate of drug-likeness (QED) is 0.480. The van der Waals surface area contributed by atoms with Crippen molar-refractivity contribution in [3.8, 4) is 17.1 Å². The summed E-state index contributed by atoms with van der Waals surface area (Å²) >= 11 is 1.27. The third kappa shape index (κ3) is 5.67. The standard InChI is InChI=1S/C23H27N5O3S/c1-15(2)19(21(29)25-22(24)30)32-23-27-26-20(17-11-7-8-12-18(17)31-3)28(23)14-13-16-9-5-4-6-10-16/h4-12,15,19H,13-14H2,1-3H3,(H3,24,25,29,30). The van der Waals surface area contributed by atoms with Gasteiger partial charge in [-0.05, 0) is 30.0 Å². The van der Waals surface area contributed by atoms with Crippen LogP contribution in [0.4, 0.5) is 4.79 Å². The van der Waals surface area contributed by atoms with E-state index in [1.165, 1.54) is 17.3 Å². The molecule has 1 aromatic heterocycles. The lowest BCUT2D eigenvalue weighted by atomic mass is 10.1. The number of amides is 3. The van der Waals surface area contributed by atoms with Crippen molar-refractivity contribution in [3.05, 3.63) is 60.2 Å². The third-order valence-corrected chi connectivity index (χ3v) is 6.40. The highest BCUT2D eigenvalue weighted by atomic mass is 32.2. The number of nitrogens with one attached hydrogen (secondary N) is 1. The maximum absolute atomic E-state index is 12.6. The van der Waals surface area contributed by atoms with Crippen LogP contribution in [0.25, 0.3) is 11.4 Å². The largest absolute Gasteiger partial charge is 0.496 e. The lowest BCUT2D eigenvalue weighted by molar-refractivity contribution is -0.120. The maximum atomic E-state index is 12.6. The van der Waals surface area contributed by atoms with Crippen molar-refractivity contribution >= 4 is 23.7 Å². The van der Waals surface area contributed by atoms with Crippen molar-refractivity contribution in [1.29, 1.82) is 0 Å². The summed E-state index contributed by atoms with van der Waals surface area (Å²) in [5.41, 5.74) is 7.14. The second-order valence-corrected chi connectivity index (χ2v) is 8.64. The monoisotopic (exact) mass is 453 g/mol. The van der Waals surface area contributed by atoms with Crippen molar-refractivity contribution < 1.29 is 14.3 Å². The first-order valence-electron chi connectivity index (χ1n) is 10.3. The number of ether oxygens (including phenoxy) is 1. The van der Waals surface area contributed by atoms with Gasteiger partial charge in [0.1, 0.15) is 5.75 Å². The Bertz CT molecular complexity index is 1070. The van der Waals surface area contributed by atoms with Crippen LogP contribution in [0.3, 0.4) is 0 Å². The molecule has 0 aliphatic carbocycles. The first-order chi connectivity index (χ1) is 15.4. The van der Waals surface area contributed by atoms with Crippen molar-refractivity contribution in [2.45, 2.75) is 37.2 Å². The van der Waals surface area contributed by atoms with E-state index >= 15 is 0 Å². The van der Waals surface area contributed by atoms with Crippen molar-refractivity contribution in [2.75, 3.05) is 7.11 Å². The van der Waals surface area contributed by atoms with Gasteiger partial charge in [-0.1, -0.05) is 68.1 Å². The van der Waals surface area contributed by atoms with Crippen LogP contribution in [0.2, 0.25) is 0 Å². The number of aromatic nitrogens is 3. The summed E-state index contributed by atoms with van der Waals surface area (Å²) in [5.74, 6) is 0.824. The van der Waals surface area contributed by atoms with E-state index in [9.17, 15) is 9.59 Å². The van der Waals surface area contributed by atoms with E-state index in [0.717, 1.165) is 12.0 Å². The van der Waals surface area contributed by atoms with Gasteiger partial charge in [-0.15, -0.1) is 10.2 Å². The zero-order valence-corrected chi connectivity index (χ0v) is 19.1. The van der Waals surface area contributed by atoms with E-state index in [1.54, 1.807) is 7.11 Å². The Morgan fingerprint density at radius 3 is 2.44 bits per heavy atom. The number of imide groups is 1. The predicted octanol–water partition coefficient (Wildman–Crippen LogP) is 3.51. The number of rotatable bonds is 9. The SMILES string of the molecule is COc1ccccc1-c1nnc(SC(C(=O)NC(N)=O)C(C)C)n1CCc1ccccc1. The molecule has 8 nitrogen and oxygen atoms in total. The fraction of sp³-hybridized carbons (Fsp3) is 0.304. The van der Waals surface area contributed by atoms with E-state index in [4.69, 9.17) is 10.5 Å². The summed E-state index contributed by atoms with van der Waals surface area (Å²) in [6.07, 6.45) is 0.758. The molecule has 2 aromatic carbocycles. The number of hydrogen-bond donors (Lipinski definition) is 2. The van der Waals surface area contributed by atoms with Gasteiger partial charge in [-0.25, -0.2) is 4.79 Å². The number of benzene rings is 2. The van der Waals surface area contributed by atoms with Crippen LogP contribution < -0.4 is 15.8 Å². The number of primary amides is 1. The van der Waals surface area contributed by atoms with Gasteiger partial charge in [0.25, 0.3) is 0 Å². The summed E-state index contributed by atoms with van der Waals surface area (Å²) in [7, 11) is 1.61. The smallest absolute Gasteiger partial charge is 0.318 e. The minimum absolute atomic E-state index is 0.0617. The minimum atomic E-state index is -0.874. The van der Waals surface area contributed by atoms with E-state index < -0.39 is 17.2 Å². The van der Waals surface area contributed by atoms with Gasteiger partial charge >= 0.3 is 6.03 Å². The van der Waals surface area contributed by atoms with Crippen molar-refractivity contribution in [3.63, 3.8) is 0 Å². The van der Waals surface area contributed by atoms with Crippen LogP contribution in [0.1, 0.15) is 19.4 Å². The normalized spacial score (nSPS) is 11.9. The fourth-order valence-corrected chi connectivity index (χ4v) is 4.35. The first kappa shape index (κ1) is 23.3. The Kier molecular flexibility index (Phi) is 7.88. The number of urea groups is 1. The molecular weight excluding hydrogens is 426 g/mol. The average Bonchev–Trinajstić information content (AvgIpc) is 3.18. The van der Waals surface area contributed by atoms with Gasteiger partial charge in [0.2, 0.25) is 5.91 Å². The number of para-hydroxylation sites is 1. The van der Waals surface area contributed by atoms with Crippen LogP contribution in [0, 0.1) is 5.92 Å². The van der Waals surface area contributed by atoms with Crippen LogP contribution in [-0.2, 0) is 17.8 Å². The molecule has 1 unspecified atom stereocenters. The van der Waals surface area contributed by atoms with Crippen molar-refractivity contribution in [2.24, 2.45) is 11.7 Å². The first-order valence-corrected chi connectivity index (χ1v) is 11.2. The maximum Gasteiger partial charge on any atom is 0.318 e. The highest BCUT2D eigenvalue weighted by Crippen LogP contribution is 2.33. The number of carbonyl (C=O) groups is 2. The Morgan fingerprint density at radius 1 is 1.09 bits per heavy atom. The molecule has 0 saturated heterocycles. The summed E-state index contributed by atoms with van der Waals surface area (Å²) < 4.78 is 7.51. The number of aryl methyl sites for hydroxylation is 1. The molecule has 3 rings (SSSR count). The van der Waals surface area contributed by atoms with Crippen LogP contribution >= 0.6 is 11.8 Å². The lowest BCUT2D eigenvalue weighted by Gasteiger charge is -2.19. The molecule has 0 saturated carbocycles. The number of thioether (sulfide) groups is 1. The molecule has 9 heteroatoms. The molecule has 0 spiro atoms. The summed E-state index contributed by atoms with van der Waals surface area (Å²) in [5, 5.41) is 11.0. The summed E-state index contributed by atoms with van der Waals surface area (Å²) in [6, 6.07) is 16.8. The molecule has 0 fully saturated rings. The van der Waals surface area contributed by atoms with E-state index in [2.05, 4.69) is 27.6 Å². The number of nitrogens with zero attached hydrogens (tertiary/aromatic N) is 3. The topological polar surface area (TPSA) is 112 Å². The second kappa shape index (κ2) is 10.8. The molecule has 1 atom stereocenters. The average molecular weight is 454 g/mol. The summed E-state index contributed by atoms with van der Waals surface area (Å²) in [6.45, 7) is 4.42. The molecule has 0 aliphatic rings. The predicted molar refractivity (Wildman–Crippen MR) is 124 cm³/mol. The Hall–Kier alpha value is -3.33. The van der Waals surface area contributed by atoms with E-state index in [1.807, 2.05) is 60.9 Å². The second-order valence-electron chi connectivity index (χ2n) is 7.53. The van der Waals surface area contributed by atoms with Gasteiger partial charge in [0.15, 0.2) is 11.0 Å². The molecule has 32 heavy (non-hydrogen) atoms. The zero-order chi connectivity index (χ0) is 23.1. The highest BCUT2D eigenvalue weighted by molar-refractivity contribution is 8.00. The molecule has 0 radical (unpaired) electrons. The molecule has 168 valence electrons. The van der Waals surface area contributed by atoms with E-state index in [-0.39, 0.29) is 5.92 Å². The Morgan fingerprint density at radius 2 is 1.78 bits per heavy atom. The van der Waals surface area contributed by atoms with Gasteiger partial charge < -0.3 is 15.0 Å². The molecule has 0 aliphatic heterocycles. The van der Waals surface area contributed by atoms with Gasteiger partial charge in [0, 0.05) is 6.54 Å². The Labute approximate surface area is 191 Å². The lowest BCUT2D eigenvalue weighted by Crippen LogP contribution is -2.42. The molecular formula is C23H27N5O3S. The Balaban J connectivity index is 1.98. The number of carbonyl (C=O) groups excluding carboxylic acids is 2. The minimum Gasteiger partial charge on any atom is -0.496 e. The van der Waals surface area contributed by atoms with Crippen LogP contribution in [0.15, 0.2) is 59.8 Å². The number of methoxy groups -OCH3 is 1. The van der Waals surface area contributed by atoms with Gasteiger partial charge in [-0.2, -0.15) is 0 Å². The summed E-state index contributed by atoms with van der Waals surface area (Å²) in [4.78, 5) is 23.8. The highest BCUT2D eigenvalue weighted by Gasteiger charge is 2.28. The number of nitrogens with two attached hydrogens (primary N) is 1. The molecule has 0 bridgehead atoms. The van der Waals surface area contributed by atoms with Crippen LogP contribution in [0.5, 0.6) is 5.75 Å². The molecule has 3 amide bonds. The zero-order valence-electron chi connectivity index (χ0n) is 18.3. The van der Waals surface area contributed by atoms with Gasteiger partial charge in [-0.3, -0.25) is 10.1 Å². The molecule has 1 heterocycles.